The van der Waals surface area contributed by atoms with Gasteiger partial charge in [0.2, 0.25) is 0 Å². The Morgan fingerprint density at radius 2 is 2.12 bits per heavy atom. The van der Waals surface area contributed by atoms with Gasteiger partial charge in [-0.25, -0.2) is 0 Å². The fraction of sp³-hybridized carbons (Fsp3) is 0.364. The van der Waals surface area contributed by atoms with Gasteiger partial charge in [0, 0.05) is 4.90 Å². The quantitative estimate of drug-likeness (QED) is 0.802. The van der Waals surface area contributed by atoms with Gasteiger partial charge in [0.1, 0.15) is 5.25 Å². The summed E-state index contributed by atoms with van der Waals surface area (Å²) in [5, 5.41) is 8.05. The summed E-state index contributed by atoms with van der Waals surface area (Å²) in [6.45, 7) is 2.03. The van der Waals surface area contributed by atoms with E-state index in [1.165, 1.54) is 0 Å². The molecule has 1 aromatic rings. The summed E-state index contributed by atoms with van der Waals surface area (Å²) in [7, 11) is -1.54. The van der Waals surface area contributed by atoms with E-state index in [2.05, 4.69) is 0 Å². The van der Waals surface area contributed by atoms with Crippen LogP contribution in [0.25, 0.3) is 0 Å². The van der Waals surface area contributed by atoms with Crippen molar-refractivity contribution in [2.45, 2.75) is 23.5 Å². The first-order valence-corrected chi connectivity index (χ1v) is 6.18. The number of hydrogen-bond donors (Lipinski definition) is 2. The standard InChI is InChI=1S/C11H15NO3S/c1-8-4-2-3-5-9(8)16(15)10(6-7-12)11(13)14/h2-5,10H,6-7,12H2,1H3,(H,13,14). The van der Waals surface area contributed by atoms with Gasteiger partial charge in [-0.1, -0.05) is 18.2 Å². The summed E-state index contributed by atoms with van der Waals surface area (Å²) in [5.74, 6) is -1.06. The van der Waals surface area contributed by atoms with Crippen LogP contribution < -0.4 is 5.73 Å². The average molecular weight is 241 g/mol. The van der Waals surface area contributed by atoms with Crippen LogP contribution in [0.4, 0.5) is 0 Å². The molecule has 2 unspecified atom stereocenters. The van der Waals surface area contributed by atoms with E-state index in [1.54, 1.807) is 12.1 Å². The highest BCUT2D eigenvalue weighted by atomic mass is 32.2. The normalized spacial score (nSPS) is 14.4. The molecule has 4 nitrogen and oxygen atoms in total. The lowest BCUT2D eigenvalue weighted by molar-refractivity contribution is -0.136. The Bertz CT molecular complexity index is 406. The van der Waals surface area contributed by atoms with E-state index in [4.69, 9.17) is 10.8 Å². The number of benzene rings is 1. The molecule has 0 fully saturated rings. The number of hydrogen-bond acceptors (Lipinski definition) is 3. The minimum Gasteiger partial charge on any atom is -0.480 e. The molecule has 0 saturated carbocycles. The van der Waals surface area contributed by atoms with Crippen molar-refractivity contribution in [1.82, 2.24) is 0 Å². The molecular formula is C11H15NO3S. The van der Waals surface area contributed by atoms with Gasteiger partial charge in [0.25, 0.3) is 0 Å². The third-order valence-corrected chi connectivity index (χ3v) is 4.12. The lowest BCUT2D eigenvalue weighted by Crippen LogP contribution is -2.28. The smallest absolute Gasteiger partial charge is 0.319 e. The van der Waals surface area contributed by atoms with Crippen LogP contribution in [0.2, 0.25) is 0 Å². The maximum absolute atomic E-state index is 12.1. The molecule has 0 aromatic heterocycles. The van der Waals surface area contributed by atoms with Crippen LogP contribution in [0, 0.1) is 6.92 Å². The van der Waals surface area contributed by atoms with Gasteiger partial charge in [-0.15, -0.1) is 0 Å². The zero-order valence-electron chi connectivity index (χ0n) is 9.05. The molecule has 2 atom stereocenters. The molecule has 0 aliphatic heterocycles. The summed E-state index contributed by atoms with van der Waals surface area (Å²) in [6, 6.07) is 7.09. The van der Waals surface area contributed by atoms with E-state index in [-0.39, 0.29) is 13.0 Å². The third kappa shape index (κ3) is 2.90. The summed E-state index contributed by atoms with van der Waals surface area (Å²) in [6.07, 6.45) is 0.219. The first kappa shape index (κ1) is 12.9. The molecule has 16 heavy (non-hydrogen) atoms. The highest BCUT2D eigenvalue weighted by molar-refractivity contribution is 7.86. The van der Waals surface area contributed by atoms with Crippen molar-refractivity contribution in [3.63, 3.8) is 0 Å². The van der Waals surface area contributed by atoms with Gasteiger partial charge in [0.15, 0.2) is 0 Å². The monoisotopic (exact) mass is 241 g/mol. The van der Waals surface area contributed by atoms with E-state index in [0.29, 0.717) is 4.90 Å². The number of carbonyl (C=O) groups is 1. The van der Waals surface area contributed by atoms with Crippen LogP contribution in [-0.2, 0) is 15.6 Å². The van der Waals surface area contributed by atoms with Gasteiger partial charge in [-0.05, 0) is 31.5 Å². The lowest BCUT2D eigenvalue weighted by Gasteiger charge is -2.12. The Morgan fingerprint density at radius 1 is 1.50 bits per heavy atom. The largest absolute Gasteiger partial charge is 0.480 e. The molecule has 0 saturated heterocycles. The zero-order chi connectivity index (χ0) is 12.1. The number of rotatable bonds is 5. The van der Waals surface area contributed by atoms with Crippen LogP contribution >= 0.6 is 0 Å². The van der Waals surface area contributed by atoms with Gasteiger partial charge < -0.3 is 10.8 Å². The molecule has 0 radical (unpaired) electrons. The number of carboxylic acid groups (broad SMARTS) is 1. The minimum atomic E-state index is -1.54. The van der Waals surface area contributed by atoms with Crippen LogP contribution in [-0.4, -0.2) is 27.1 Å². The van der Waals surface area contributed by atoms with Gasteiger partial charge >= 0.3 is 5.97 Å². The molecule has 1 aromatic carbocycles. The van der Waals surface area contributed by atoms with Crippen molar-refractivity contribution in [2.75, 3.05) is 6.54 Å². The second-order valence-electron chi connectivity index (χ2n) is 3.47. The van der Waals surface area contributed by atoms with Crippen molar-refractivity contribution in [1.29, 1.82) is 0 Å². The highest BCUT2D eigenvalue weighted by Gasteiger charge is 2.25. The fourth-order valence-electron chi connectivity index (χ4n) is 1.41. The van der Waals surface area contributed by atoms with Crippen molar-refractivity contribution in [3.05, 3.63) is 29.8 Å². The Kier molecular flexibility index (Phi) is 4.64. The molecule has 1 rings (SSSR count). The van der Waals surface area contributed by atoms with E-state index in [1.807, 2.05) is 19.1 Å². The predicted octanol–water partition coefficient (Wildman–Crippen LogP) is 0.905. The molecular weight excluding hydrogens is 226 g/mol. The topological polar surface area (TPSA) is 80.4 Å². The Morgan fingerprint density at radius 3 is 2.62 bits per heavy atom. The molecule has 0 bridgehead atoms. The van der Waals surface area contributed by atoms with E-state index in [0.717, 1.165) is 5.56 Å². The molecule has 0 spiro atoms. The number of nitrogens with two attached hydrogens (primary N) is 1. The second-order valence-corrected chi connectivity index (χ2v) is 5.07. The number of aryl methyl sites for hydroxylation is 1. The van der Waals surface area contributed by atoms with E-state index in [9.17, 15) is 9.00 Å². The first-order chi connectivity index (χ1) is 7.57. The molecule has 88 valence electrons. The Hall–Kier alpha value is -1.20. The predicted molar refractivity (Wildman–Crippen MR) is 62.7 cm³/mol. The maximum atomic E-state index is 12.1. The van der Waals surface area contributed by atoms with Crippen LogP contribution in [0.1, 0.15) is 12.0 Å². The molecule has 0 amide bonds. The van der Waals surface area contributed by atoms with Crippen molar-refractivity contribution in [3.8, 4) is 0 Å². The van der Waals surface area contributed by atoms with E-state index < -0.39 is 22.0 Å². The van der Waals surface area contributed by atoms with Crippen molar-refractivity contribution in [2.24, 2.45) is 5.73 Å². The Labute approximate surface area is 96.9 Å². The third-order valence-electron chi connectivity index (χ3n) is 2.27. The molecule has 3 N–H and O–H groups in total. The molecule has 0 aliphatic carbocycles. The lowest BCUT2D eigenvalue weighted by atomic mass is 10.2. The average Bonchev–Trinajstić information content (AvgIpc) is 2.25. The van der Waals surface area contributed by atoms with Gasteiger partial charge in [-0.2, -0.15) is 0 Å². The summed E-state index contributed by atoms with van der Waals surface area (Å²) < 4.78 is 12.1. The van der Waals surface area contributed by atoms with E-state index >= 15 is 0 Å². The van der Waals surface area contributed by atoms with Crippen LogP contribution in [0.15, 0.2) is 29.2 Å². The number of carboxylic acids is 1. The molecule has 5 heteroatoms. The van der Waals surface area contributed by atoms with Gasteiger partial charge in [0.05, 0.1) is 10.8 Å². The fourth-order valence-corrected chi connectivity index (χ4v) is 2.85. The highest BCUT2D eigenvalue weighted by Crippen LogP contribution is 2.17. The molecule has 0 aliphatic rings. The summed E-state index contributed by atoms with van der Waals surface area (Å²) in [4.78, 5) is 11.5. The summed E-state index contributed by atoms with van der Waals surface area (Å²) >= 11 is 0. The first-order valence-electron chi connectivity index (χ1n) is 4.97. The van der Waals surface area contributed by atoms with Crippen molar-refractivity contribution >= 4 is 16.8 Å². The molecule has 0 heterocycles. The SMILES string of the molecule is Cc1ccccc1S(=O)C(CCN)C(=O)O. The van der Waals surface area contributed by atoms with Gasteiger partial charge in [-0.3, -0.25) is 9.00 Å². The maximum Gasteiger partial charge on any atom is 0.319 e. The van der Waals surface area contributed by atoms with Crippen LogP contribution in [0.3, 0.4) is 0 Å². The second kappa shape index (κ2) is 5.77. The zero-order valence-corrected chi connectivity index (χ0v) is 9.87. The summed E-state index contributed by atoms with van der Waals surface area (Å²) in [5.41, 5.74) is 6.16. The number of aliphatic carboxylic acids is 1. The Balaban J connectivity index is 2.99. The van der Waals surface area contributed by atoms with Crippen molar-refractivity contribution < 1.29 is 14.1 Å². The minimum absolute atomic E-state index is 0.217. The van der Waals surface area contributed by atoms with Crippen LogP contribution in [0.5, 0.6) is 0 Å².